The highest BCUT2D eigenvalue weighted by molar-refractivity contribution is 7.10. The number of aromatic nitrogens is 2. The van der Waals surface area contributed by atoms with Gasteiger partial charge in [-0.05, 0) is 12.1 Å². The molecule has 0 aliphatic carbocycles. The van der Waals surface area contributed by atoms with Crippen LogP contribution in [0.15, 0.2) is 12.1 Å². The number of hydrogen-bond donors (Lipinski definition) is 1. The number of rotatable bonds is 4. The fourth-order valence-electron chi connectivity index (χ4n) is 2.77. The van der Waals surface area contributed by atoms with Crippen LogP contribution < -0.4 is 9.47 Å². The molecule has 118 valence electrons. The second kappa shape index (κ2) is 6.37. The Kier molecular flexibility index (Phi) is 4.49. The zero-order valence-corrected chi connectivity index (χ0v) is 13.8. The van der Waals surface area contributed by atoms with E-state index >= 15 is 0 Å². The van der Waals surface area contributed by atoms with E-state index in [0.29, 0.717) is 29.7 Å². The lowest BCUT2D eigenvalue weighted by Gasteiger charge is -2.33. The first kappa shape index (κ1) is 15.5. The molecule has 1 unspecified atom stereocenters. The second-order valence-electron chi connectivity index (χ2n) is 5.04. The van der Waals surface area contributed by atoms with E-state index < -0.39 is 6.10 Å². The van der Waals surface area contributed by atoms with E-state index in [-0.39, 0.29) is 0 Å². The topological polar surface area (TPSA) is 67.7 Å². The molecule has 6 nitrogen and oxygen atoms in total. The van der Waals surface area contributed by atoms with E-state index in [1.807, 2.05) is 12.1 Å². The molecular weight excluding hydrogens is 326 g/mol. The van der Waals surface area contributed by atoms with Crippen molar-refractivity contribution in [2.24, 2.45) is 0 Å². The Morgan fingerprint density at radius 3 is 2.73 bits per heavy atom. The molecule has 0 fully saturated rings. The second-order valence-corrected chi connectivity index (χ2v) is 6.40. The molecule has 3 rings (SSSR count). The Morgan fingerprint density at radius 1 is 1.36 bits per heavy atom. The van der Waals surface area contributed by atoms with Crippen LogP contribution in [0.2, 0.25) is 4.34 Å². The summed E-state index contributed by atoms with van der Waals surface area (Å²) in [5.74, 6) is 1.42. The predicted octanol–water partition coefficient (Wildman–Crippen LogP) is 2.26. The van der Waals surface area contributed by atoms with Crippen molar-refractivity contribution in [2.75, 3.05) is 20.8 Å². The number of hydrogen-bond acceptors (Lipinski definition) is 7. The number of methoxy groups -OCH3 is 2. The van der Waals surface area contributed by atoms with Crippen molar-refractivity contribution in [1.29, 1.82) is 0 Å². The molecule has 0 spiro atoms. The molecule has 1 N–H and O–H groups in total. The Hall–Kier alpha value is -1.41. The average molecular weight is 342 g/mol. The van der Waals surface area contributed by atoms with Crippen LogP contribution in [0.3, 0.4) is 0 Å². The maximum Gasteiger partial charge on any atom is 0.138 e. The molecule has 1 aromatic heterocycles. The lowest BCUT2D eigenvalue weighted by Crippen LogP contribution is -2.34. The van der Waals surface area contributed by atoms with Gasteiger partial charge in [0.15, 0.2) is 0 Å². The third-order valence-electron chi connectivity index (χ3n) is 3.74. The number of halogens is 1. The maximum atomic E-state index is 10.5. The Balaban J connectivity index is 1.92. The van der Waals surface area contributed by atoms with E-state index in [1.54, 1.807) is 14.2 Å². The fourth-order valence-corrected chi connectivity index (χ4v) is 3.38. The van der Waals surface area contributed by atoms with E-state index in [0.717, 1.165) is 34.1 Å². The first-order valence-electron chi connectivity index (χ1n) is 6.75. The standard InChI is InChI=1S/C14H16ClN3O3S/c1-20-11-3-4-12(21-2)13-8(11)5-18(7-10(13)19)6-9-14(15)22-17-16-9/h3-4,10,19H,5-7H2,1-2H3. The van der Waals surface area contributed by atoms with Gasteiger partial charge >= 0.3 is 0 Å². The number of aliphatic hydroxyl groups is 1. The van der Waals surface area contributed by atoms with Gasteiger partial charge in [-0.3, -0.25) is 4.90 Å². The van der Waals surface area contributed by atoms with Crippen molar-refractivity contribution < 1.29 is 14.6 Å². The van der Waals surface area contributed by atoms with Crippen LogP contribution in [0.1, 0.15) is 22.9 Å². The SMILES string of the molecule is COc1ccc(OC)c2c1CN(Cc1nnsc1Cl)CC2O. The lowest BCUT2D eigenvalue weighted by molar-refractivity contribution is 0.0836. The number of fused-ring (bicyclic) bond motifs is 1. The Labute approximate surface area is 137 Å². The zero-order chi connectivity index (χ0) is 15.7. The molecule has 0 bridgehead atoms. The highest BCUT2D eigenvalue weighted by atomic mass is 35.5. The van der Waals surface area contributed by atoms with Gasteiger partial charge in [-0.1, -0.05) is 16.1 Å². The molecule has 22 heavy (non-hydrogen) atoms. The Bertz CT molecular complexity index is 679. The van der Waals surface area contributed by atoms with E-state index in [9.17, 15) is 5.11 Å². The first-order chi connectivity index (χ1) is 10.6. The van der Waals surface area contributed by atoms with Gasteiger partial charge < -0.3 is 14.6 Å². The Morgan fingerprint density at radius 2 is 2.09 bits per heavy atom. The molecule has 1 atom stereocenters. The maximum absolute atomic E-state index is 10.5. The van der Waals surface area contributed by atoms with Crippen molar-refractivity contribution in [1.82, 2.24) is 14.5 Å². The monoisotopic (exact) mass is 341 g/mol. The minimum Gasteiger partial charge on any atom is -0.496 e. The summed E-state index contributed by atoms with van der Waals surface area (Å²) >= 11 is 7.23. The van der Waals surface area contributed by atoms with Crippen molar-refractivity contribution in [3.63, 3.8) is 0 Å². The van der Waals surface area contributed by atoms with Gasteiger partial charge in [0.25, 0.3) is 0 Å². The summed E-state index contributed by atoms with van der Waals surface area (Å²) in [6, 6.07) is 3.67. The number of aliphatic hydroxyl groups excluding tert-OH is 1. The van der Waals surface area contributed by atoms with Crippen LogP contribution in [-0.4, -0.2) is 40.4 Å². The first-order valence-corrected chi connectivity index (χ1v) is 7.90. The molecule has 1 aliphatic heterocycles. The molecule has 8 heteroatoms. The van der Waals surface area contributed by atoms with E-state index in [1.165, 1.54) is 0 Å². The van der Waals surface area contributed by atoms with Gasteiger partial charge in [0.1, 0.15) is 21.5 Å². The van der Waals surface area contributed by atoms with Crippen LogP contribution >= 0.6 is 23.1 Å². The van der Waals surface area contributed by atoms with Crippen molar-refractivity contribution in [2.45, 2.75) is 19.2 Å². The van der Waals surface area contributed by atoms with Crippen molar-refractivity contribution in [3.05, 3.63) is 33.3 Å². The van der Waals surface area contributed by atoms with Crippen molar-refractivity contribution >= 4 is 23.1 Å². The smallest absolute Gasteiger partial charge is 0.138 e. The van der Waals surface area contributed by atoms with E-state index in [2.05, 4.69) is 14.5 Å². The summed E-state index contributed by atoms with van der Waals surface area (Å²) < 4.78 is 15.2. The molecule has 2 heterocycles. The van der Waals surface area contributed by atoms with Crippen LogP contribution in [0.4, 0.5) is 0 Å². The highest BCUT2D eigenvalue weighted by Crippen LogP contribution is 2.39. The molecular formula is C14H16ClN3O3S. The third-order valence-corrected chi connectivity index (χ3v) is 4.73. The molecule has 1 aliphatic rings. The summed E-state index contributed by atoms with van der Waals surface area (Å²) in [7, 11) is 3.22. The van der Waals surface area contributed by atoms with Crippen LogP contribution in [0, 0.1) is 0 Å². The normalized spacial score (nSPS) is 18.1. The lowest BCUT2D eigenvalue weighted by atomic mass is 9.95. The average Bonchev–Trinajstić information content (AvgIpc) is 2.91. The summed E-state index contributed by atoms with van der Waals surface area (Å²) in [4.78, 5) is 2.07. The fraction of sp³-hybridized carbons (Fsp3) is 0.429. The van der Waals surface area contributed by atoms with Crippen LogP contribution in [-0.2, 0) is 13.1 Å². The predicted molar refractivity (Wildman–Crippen MR) is 83.5 cm³/mol. The quantitative estimate of drug-likeness (QED) is 0.920. The zero-order valence-electron chi connectivity index (χ0n) is 12.2. The molecule has 2 aromatic rings. The van der Waals surface area contributed by atoms with Gasteiger partial charge in [0, 0.05) is 42.3 Å². The molecule has 0 saturated carbocycles. The molecule has 1 aromatic carbocycles. The van der Waals surface area contributed by atoms with Gasteiger partial charge in [-0.2, -0.15) is 0 Å². The van der Waals surface area contributed by atoms with Crippen LogP contribution in [0.25, 0.3) is 0 Å². The summed E-state index contributed by atoms with van der Waals surface area (Å²) in [6.45, 7) is 1.64. The molecule has 0 saturated heterocycles. The number of β-amino-alcohol motifs (C(OH)–C–C–N with tert-alkyl or cyclic N) is 1. The van der Waals surface area contributed by atoms with Gasteiger partial charge in [-0.15, -0.1) is 5.10 Å². The summed E-state index contributed by atoms with van der Waals surface area (Å²) in [5, 5.41) is 14.5. The van der Waals surface area contributed by atoms with E-state index in [4.69, 9.17) is 21.1 Å². The minimum atomic E-state index is -0.654. The number of nitrogens with zero attached hydrogens (tertiary/aromatic N) is 3. The summed E-state index contributed by atoms with van der Waals surface area (Å²) in [5.41, 5.74) is 2.45. The van der Waals surface area contributed by atoms with Gasteiger partial charge in [0.2, 0.25) is 0 Å². The number of benzene rings is 1. The van der Waals surface area contributed by atoms with Crippen LogP contribution in [0.5, 0.6) is 11.5 Å². The minimum absolute atomic E-state index is 0.477. The summed E-state index contributed by atoms with van der Waals surface area (Å²) in [6.07, 6.45) is -0.654. The third kappa shape index (κ3) is 2.77. The number of ether oxygens (including phenoxy) is 2. The molecule has 0 radical (unpaired) electrons. The highest BCUT2D eigenvalue weighted by Gasteiger charge is 2.30. The van der Waals surface area contributed by atoms with Gasteiger partial charge in [0.05, 0.1) is 20.3 Å². The van der Waals surface area contributed by atoms with Gasteiger partial charge in [-0.25, -0.2) is 0 Å². The molecule has 0 amide bonds. The largest absolute Gasteiger partial charge is 0.496 e. The van der Waals surface area contributed by atoms with Crippen molar-refractivity contribution in [3.8, 4) is 11.5 Å².